The lowest BCUT2D eigenvalue weighted by Gasteiger charge is -2.27. The second-order valence-electron chi connectivity index (χ2n) is 7.76. The number of anilines is 1. The van der Waals surface area contributed by atoms with Gasteiger partial charge in [0.2, 0.25) is 11.8 Å². The van der Waals surface area contributed by atoms with Crippen LogP contribution in [0.3, 0.4) is 0 Å². The first-order valence-electron chi connectivity index (χ1n) is 10.1. The Bertz CT molecular complexity index is 816. The molecule has 2 aromatic rings. The second kappa shape index (κ2) is 12.0. The summed E-state index contributed by atoms with van der Waals surface area (Å²) in [6, 6.07) is 10.9. The summed E-state index contributed by atoms with van der Waals surface area (Å²) in [7, 11) is 0. The summed E-state index contributed by atoms with van der Waals surface area (Å²) in [5.41, 5.74) is 2.96. The minimum absolute atomic E-state index is 0.0666. The number of benzene rings is 1. The third-order valence-electron chi connectivity index (χ3n) is 4.36. The average Bonchev–Trinajstić information content (AvgIpc) is 2.76. The van der Waals surface area contributed by atoms with Gasteiger partial charge in [-0.25, -0.2) is 5.84 Å². The Morgan fingerprint density at radius 3 is 2.65 bits per heavy atom. The first kappa shape index (κ1) is 24.3. The van der Waals surface area contributed by atoms with Crippen LogP contribution in [0.25, 0.3) is 0 Å². The Kier molecular flexibility index (Phi) is 9.44. The summed E-state index contributed by atoms with van der Waals surface area (Å²) in [5, 5.41) is 24.1. The van der Waals surface area contributed by atoms with Gasteiger partial charge in [0, 0.05) is 31.6 Å². The van der Waals surface area contributed by atoms with Crippen molar-refractivity contribution in [3.05, 3.63) is 42.0 Å². The van der Waals surface area contributed by atoms with Gasteiger partial charge in [0.05, 0.1) is 0 Å². The van der Waals surface area contributed by atoms with Gasteiger partial charge >= 0.3 is 0 Å². The van der Waals surface area contributed by atoms with E-state index in [4.69, 9.17) is 15.3 Å². The summed E-state index contributed by atoms with van der Waals surface area (Å²) in [5.74, 6) is 6.72. The first-order valence-corrected chi connectivity index (χ1v) is 10.1. The second-order valence-corrected chi connectivity index (χ2v) is 7.76. The van der Waals surface area contributed by atoms with Crippen LogP contribution in [0.2, 0.25) is 0 Å². The molecule has 6 N–H and O–H groups in total. The molecule has 10 nitrogen and oxygen atoms in total. The number of aliphatic hydroxyl groups excluding tert-OH is 1. The number of nitrogens with two attached hydrogens (primary N) is 1. The van der Waals surface area contributed by atoms with Gasteiger partial charge in [-0.2, -0.15) is 0 Å². The average molecular weight is 433 g/mol. The number of amides is 1. The van der Waals surface area contributed by atoms with Crippen LogP contribution in [0.5, 0.6) is 11.6 Å². The third kappa shape index (κ3) is 9.16. The molecule has 1 unspecified atom stereocenters. The van der Waals surface area contributed by atoms with Crippen molar-refractivity contribution in [2.45, 2.75) is 38.8 Å². The van der Waals surface area contributed by atoms with E-state index in [-0.39, 0.29) is 12.5 Å². The summed E-state index contributed by atoms with van der Waals surface area (Å²) in [6.07, 6.45) is -0.0583. The lowest BCUT2D eigenvalue weighted by Crippen LogP contribution is -2.48. The van der Waals surface area contributed by atoms with Crippen LogP contribution >= 0.6 is 0 Å². The lowest BCUT2D eigenvalue weighted by atomic mass is 10.1. The maximum absolute atomic E-state index is 11.0. The molecule has 10 heteroatoms. The molecule has 1 aromatic carbocycles. The van der Waals surface area contributed by atoms with Crippen molar-refractivity contribution in [2.24, 2.45) is 5.84 Å². The Morgan fingerprint density at radius 2 is 1.97 bits per heavy atom. The Hall–Kier alpha value is -2.95. The molecule has 2 rings (SSSR count). The molecule has 0 bridgehead atoms. The quantitative estimate of drug-likeness (QED) is 0.227. The number of aliphatic hydroxyl groups is 1. The number of nitrogen functional groups attached to an aromatic ring is 1. The number of aromatic nitrogens is 2. The van der Waals surface area contributed by atoms with E-state index in [9.17, 15) is 9.90 Å². The van der Waals surface area contributed by atoms with E-state index in [1.54, 1.807) is 12.1 Å². The molecule has 1 atom stereocenters. The molecular formula is C21H32N6O4. The minimum atomic E-state index is -0.711. The highest BCUT2D eigenvalue weighted by molar-refractivity contribution is 5.72. The lowest BCUT2D eigenvalue weighted by molar-refractivity contribution is -0.118. The van der Waals surface area contributed by atoms with Gasteiger partial charge in [-0.3, -0.25) is 4.79 Å². The van der Waals surface area contributed by atoms with Gasteiger partial charge in [-0.1, -0.05) is 18.2 Å². The van der Waals surface area contributed by atoms with Crippen molar-refractivity contribution < 1.29 is 19.4 Å². The van der Waals surface area contributed by atoms with Crippen molar-refractivity contribution in [1.82, 2.24) is 20.8 Å². The van der Waals surface area contributed by atoms with E-state index in [0.29, 0.717) is 43.6 Å². The molecule has 1 amide bonds. The summed E-state index contributed by atoms with van der Waals surface area (Å²) in [6.45, 7) is 6.73. The molecule has 0 aliphatic heterocycles. The highest BCUT2D eigenvalue weighted by Crippen LogP contribution is 2.18. The smallest absolute Gasteiger partial charge is 0.233 e. The molecule has 1 aromatic heterocycles. The molecule has 170 valence electrons. The van der Waals surface area contributed by atoms with Crippen molar-refractivity contribution in [3.63, 3.8) is 0 Å². The zero-order valence-electron chi connectivity index (χ0n) is 18.2. The van der Waals surface area contributed by atoms with Crippen LogP contribution < -0.4 is 31.4 Å². The molecule has 31 heavy (non-hydrogen) atoms. The van der Waals surface area contributed by atoms with E-state index in [1.165, 1.54) is 6.92 Å². The SMILES string of the molecule is CC(=O)NCCc1ccccc1OCC(O)CNC(C)(C)COc1ccc(NN)nn1. The maximum atomic E-state index is 11.0. The van der Waals surface area contributed by atoms with Crippen molar-refractivity contribution in [1.29, 1.82) is 0 Å². The largest absolute Gasteiger partial charge is 0.491 e. The zero-order valence-corrected chi connectivity index (χ0v) is 18.2. The van der Waals surface area contributed by atoms with Crippen LogP contribution in [0, 0.1) is 0 Å². The number of hydrogen-bond acceptors (Lipinski definition) is 9. The number of nitrogens with one attached hydrogen (secondary N) is 3. The molecule has 0 saturated carbocycles. The highest BCUT2D eigenvalue weighted by atomic mass is 16.5. The van der Waals surface area contributed by atoms with Gasteiger partial charge in [-0.05, 0) is 38.0 Å². The molecule has 0 aliphatic rings. The number of nitrogens with zero attached hydrogens (tertiary/aromatic N) is 2. The van der Waals surface area contributed by atoms with Crippen molar-refractivity contribution in [2.75, 3.05) is 31.7 Å². The van der Waals surface area contributed by atoms with Crippen molar-refractivity contribution >= 4 is 11.7 Å². The van der Waals surface area contributed by atoms with Gasteiger partial charge in [0.1, 0.15) is 25.1 Å². The number of hydrogen-bond donors (Lipinski definition) is 5. The van der Waals surface area contributed by atoms with Crippen LogP contribution in [0.15, 0.2) is 36.4 Å². The normalized spacial score (nSPS) is 12.2. The Morgan fingerprint density at radius 1 is 1.19 bits per heavy atom. The Labute approximate surface area is 182 Å². The third-order valence-corrected chi connectivity index (χ3v) is 4.36. The zero-order chi connectivity index (χ0) is 22.7. The van der Waals surface area contributed by atoms with Crippen LogP contribution in [-0.2, 0) is 11.2 Å². The number of rotatable bonds is 13. The molecule has 0 fully saturated rings. The van der Waals surface area contributed by atoms with Crippen LogP contribution in [0.1, 0.15) is 26.3 Å². The minimum Gasteiger partial charge on any atom is -0.491 e. The summed E-state index contributed by atoms with van der Waals surface area (Å²) in [4.78, 5) is 11.0. The van der Waals surface area contributed by atoms with E-state index >= 15 is 0 Å². The fraction of sp³-hybridized carbons (Fsp3) is 0.476. The molecule has 1 heterocycles. The van der Waals surface area contributed by atoms with Crippen LogP contribution in [0.4, 0.5) is 5.82 Å². The highest BCUT2D eigenvalue weighted by Gasteiger charge is 2.20. The molecular weight excluding hydrogens is 400 g/mol. The van der Waals surface area contributed by atoms with E-state index in [0.717, 1.165) is 5.56 Å². The van der Waals surface area contributed by atoms with Crippen molar-refractivity contribution in [3.8, 4) is 11.6 Å². The summed E-state index contributed by atoms with van der Waals surface area (Å²) >= 11 is 0. The number of para-hydroxylation sites is 1. The fourth-order valence-electron chi connectivity index (χ4n) is 2.64. The molecule has 0 aliphatic carbocycles. The maximum Gasteiger partial charge on any atom is 0.233 e. The fourth-order valence-corrected chi connectivity index (χ4v) is 2.64. The monoisotopic (exact) mass is 432 g/mol. The first-order chi connectivity index (χ1) is 14.8. The van der Waals surface area contributed by atoms with Gasteiger partial charge in [-0.15, -0.1) is 10.2 Å². The topological polar surface area (TPSA) is 144 Å². The number of carbonyl (C=O) groups is 1. The van der Waals surface area contributed by atoms with Gasteiger partial charge < -0.3 is 30.6 Å². The van der Waals surface area contributed by atoms with Gasteiger partial charge in [0.15, 0.2) is 5.82 Å². The standard InChI is InChI=1S/C21H32N6O4/c1-15(28)23-11-10-16-6-4-5-7-18(16)30-13-17(29)12-24-21(2,3)14-31-20-9-8-19(25-22)26-27-20/h4-9,17,24,29H,10-14,22H2,1-3H3,(H,23,28)(H,25,26). The number of hydrazine groups is 1. The van der Waals surface area contributed by atoms with Gasteiger partial charge in [0.25, 0.3) is 0 Å². The molecule has 0 saturated heterocycles. The van der Waals surface area contributed by atoms with E-state index in [2.05, 4.69) is 26.3 Å². The van der Waals surface area contributed by atoms with E-state index < -0.39 is 11.6 Å². The van der Waals surface area contributed by atoms with E-state index in [1.807, 2.05) is 38.1 Å². The number of carbonyl (C=O) groups excluding carboxylic acids is 1. The van der Waals surface area contributed by atoms with Crippen LogP contribution in [-0.4, -0.2) is 59.2 Å². The Balaban J connectivity index is 1.75. The predicted octanol–water partition coefficient (Wildman–Crippen LogP) is 0.628. The molecule has 0 spiro atoms. The predicted molar refractivity (Wildman–Crippen MR) is 118 cm³/mol. The summed E-state index contributed by atoms with van der Waals surface area (Å²) < 4.78 is 11.5. The number of β-amino-alcohol motifs (C(OH)–C–C–N with tert-alkyl or cyclic N) is 1. The number of ether oxygens (including phenoxy) is 2. The molecule has 0 radical (unpaired) electrons.